The number of piperidine rings is 1. The van der Waals surface area contributed by atoms with E-state index in [-0.39, 0.29) is 12.0 Å². The summed E-state index contributed by atoms with van der Waals surface area (Å²) < 4.78 is 7.28. The molecule has 1 fully saturated rings. The van der Waals surface area contributed by atoms with Crippen molar-refractivity contribution in [2.45, 2.75) is 44.6 Å². The van der Waals surface area contributed by atoms with Gasteiger partial charge in [0.15, 0.2) is 0 Å². The van der Waals surface area contributed by atoms with Crippen LogP contribution in [0.2, 0.25) is 0 Å². The quantitative estimate of drug-likeness (QED) is 0.602. The highest BCUT2D eigenvalue weighted by Crippen LogP contribution is 2.41. The van der Waals surface area contributed by atoms with E-state index in [1.54, 1.807) is 11.3 Å². The summed E-state index contributed by atoms with van der Waals surface area (Å²) in [4.78, 5) is 20.2. The van der Waals surface area contributed by atoms with Crippen molar-refractivity contribution in [2.24, 2.45) is 0 Å². The van der Waals surface area contributed by atoms with Gasteiger partial charge in [0, 0.05) is 30.5 Å². The molecule has 0 aliphatic carbocycles. The van der Waals surface area contributed by atoms with Gasteiger partial charge < -0.3 is 9.64 Å². The van der Waals surface area contributed by atoms with Crippen LogP contribution in [0.15, 0.2) is 42.5 Å². The lowest BCUT2D eigenvalue weighted by Crippen LogP contribution is -2.39. The fraction of sp³-hybridized carbons (Fsp3) is 0.391. The Balaban J connectivity index is 1.41. The smallest absolute Gasteiger partial charge is 0.257 e. The molecular formula is C23H24N2O2S. The molecule has 2 aromatic carbocycles. The second kappa shape index (κ2) is 6.89. The van der Waals surface area contributed by atoms with Crippen molar-refractivity contribution < 1.29 is 9.53 Å². The van der Waals surface area contributed by atoms with Gasteiger partial charge in [-0.3, -0.25) is 4.79 Å². The molecule has 0 radical (unpaired) electrons. The highest BCUT2D eigenvalue weighted by Gasteiger charge is 2.34. The van der Waals surface area contributed by atoms with Gasteiger partial charge in [-0.1, -0.05) is 31.2 Å². The van der Waals surface area contributed by atoms with Gasteiger partial charge in [-0.05, 0) is 38.0 Å². The van der Waals surface area contributed by atoms with E-state index < -0.39 is 0 Å². The Morgan fingerprint density at radius 3 is 2.89 bits per heavy atom. The molecule has 2 aliphatic rings. The van der Waals surface area contributed by atoms with Crippen LogP contribution in [0, 0.1) is 0 Å². The van der Waals surface area contributed by atoms with E-state index >= 15 is 0 Å². The van der Waals surface area contributed by atoms with Crippen LogP contribution in [0.4, 0.5) is 0 Å². The maximum absolute atomic E-state index is 13.4. The van der Waals surface area contributed by atoms with Gasteiger partial charge >= 0.3 is 0 Å². The lowest BCUT2D eigenvalue weighted by Gasteiger charge is -2.32. The molecule has 0 spiro atoms. The van der Waals surface area contributed by atoms with Gasteiger partial charge in [-0.2, -0.15) is 0 Å². The number of ether oxygens (including phenoxy) is 1. The largest absolute Gasteiger partial charge is 0.489 e. The Hall–Kier alpha value is -2.40. The van der Waals surface area contributed by atoms with Gasteiger partial charge in [0.05, 0.1) is 20.8 Å². The van der Waals surface area contributed by atoms with E-state index in [1.165, 1.54) is 4.70 Å². The average Bonchev–Trinajstić information content (AvgIpc) is 3.29. The minimum Gasteiger partial charge on any atom is -0.489 e. The number of nitrogens with zero attached hydrogens (tertiary/aromatic N) is 2. The number of para-hydroxylation sites is 2. The number of carbonyl (C=O) groups is 1. The van der Waals surface area contributed by atoms with Gasteiger partial charge in [0.2, 0.25) is 0 Å². The molecule has 0 saturated carbocycles. The summed E-state index contributed by atoms with van der Waals surface area (Å²) in [5.41, 5.74) is 2.92. The van der Waals surface area contributed by atoms with Crippen molar-refractivity contribution in [3.05, 3.63) is 58.6 Å². The lowest BCUT2D eigenvalue weighted by atomic mass is 9.95. The zero-order valence-electron chi connectivity index (χ0n) is 16.2. The topological polar surface area (TPSA) is 42.4 Å². The summed E-state index contributed by atoms with van der Waals surface area (Å²) in [5.74, 6) is 1.50. The Bertz CT molecular complexity index is 1010. The molecule has 0 unspecified atom stereocenters. The van der Waals surface area contributed by atoms with Crippen molar-refractivity contribution in [3.63, 3.8) is 0 Å². The number of fused-ring (bicyclic) bond motifs is 2. The molecule has 0 N–H and O–H groups in total. The van der Waals surface area contributed by atoms with E-state index in [9.17, 15) is 4.79 Å². The summed E-state index contributed by atoms with van der Waals surface area (Å²) in [7, 11) is 0. The first-order chi connectivity index (χ1) is 13.6. The molecule has 2 aliphatic heterocycles. The fourth-order valence-corrected chi connectivity index (χ4v) is 5.45. The highest BCUT2D eigenvalue weighted by atomic mass is 32.1. The maximum Gasteiger partial charge on any atom is 0.257 e. The van der Waals surface area contributed by atoms with Gasteiger partial charge in [-0.25, -0.2) is 4.98 Å². The first kappa shape index (κ1) is 17.7. The Kier molecular flexibility index (Phi) is 4.35. The molecule has 144 valence electrons. The Morgan fingerprint density at radius 1 is 1.18 bits per heavy atom. The summed E-state index contributed by atoms with van der Waals surface area (Å²) in [6.07, 6.45) is 2.21. The summed E-state index contributed by atoms with van der Waals surface area (Å²) >= 11 is 1.76. The van der Waals surface area contributed by atoms with E-state index in [0.29, 0.717) is 17.4 Å². The maximum atomic E-state index is 13.4. The van der Waals surface area contributed by atoms with Crippen LogP contribution in [0.3, 0.4) is 0 Å². The van der Waals surface area contributed by atoms with Crippen LogP contribution in [0.1, 0.15) is 59.5 Å². The number of aromatic nitrogens is 1. The van der Waals surface area contributed by atoms with Crippen molar-refractivity contribution in [1.29, 1.82) is 0 Å². The van der Waals surface area contributed by atoms with Gasteiger partial charge in [0.1, 0.15) is 11.9 Å². The molecule has 28 heavy (non-hydrogen) atoms. The summed E-state index contributed by atoms with van der Waals surface area (Å²) in [6, 6.07) is 14.2. The molecular weight excluding hydrogens is 368 g/mol. The molecule has 3 atom stereocenters. The minimum absolute atomic E-state index is 0.0870. The highest BCUT2D eigenvalue weighted by molar-refractivity contribution is 7.18. The number of benzene rings is 2. The second-order valence-electron chi connectivity index (χ2n) is 7.95. The first-order valence-corrected chi connectivity index (χ1v) is 10.9. The van der Waals surface area contributed by atoms with E-state index in [2.05, 4.69) is 38.1 Å². The SMILES string of the molecule is C[C@@H]1Oc2c(C(=O)N3CCC[C@@H](c4nc5ccccc5s4)C3)cccc2[C@H]1C. The van der Waals surface area contributed by atoms with Crippen LogP contribution in [0.25, 0.3) is 10.2 Å². The monoisotopic (exact) mass is 392 g/mol. The first-order valence-electron chi connectivity index (χ1n) is 10.1. The van der Waals surface area contributed by atoms with E-state index in [0.717, 1.165) is 47.8 Å². The molecule has 0 bridgehead atoms. The average molecular weight is 393 g/mol. The number of hydrogen-bond donors (Lipinski definition) is 0. The lowest BCUT2D eigenvalue weighted by molar-refractivity contribution is 0.0702. The minimum atomic E-state index is 0.0870. The van der Waals surface area contributed by atoms with Crippen molar-refractivity contribution >= 4 is 27.5 Å². The Labute approximate surface area is 169 Å². The molecule has 1 aromatic heterocycles. The van der Waals surface area contributed by atoms with Crippen LogP contribution in [-0.4, -0.2) is 35.0 Å². The van der Waals surface area contributed by atoms with Crippen molar-refractivity contribution in [3.8, 4) is 5.75 Å². The summed E-state index contributed by atoms with van der Waals surface area (Å²) in [6.45, 7) is 5.76. The van der Waals surface area contributed by atoms with E-state index in [4.69, 9.17) is 9.72 Å². The molecule has 1 saturated heterocycles. The third-order valence-electron chi connectivity index (χ3n) is 6.14. The second-order valence-corrected chi connectivity index (χ2v) is 9.01. The van der Waals surface area contributed by atoms with Crippen molar-refractivity contribution in [2.75, 3.05) is 13.1 Å². The normalized spacial score (nSPS) is 24.2. The molecule has 5 rings (SSSR count). The predicted octanol–water partition coefficient (Wildman–Crippen LogP) is 5.20. The van der Waals surface area contributed by atoms with Crippen LogP contribution >= 0.6 is 11.3 Å². The fourth-order valence-electron chi connectivity index (χ4n) is 4.35. The van der Waals surface area contributed by atoms with Crippen LogP contribution < -0.4 is 4.74 Å². The number of rotatable bonds is 2. The Morgan fingerprint density at radius 2 is 2.04 bits per heavy atom. The standard InChI is InChI=1S/C23H24N2O2S/c1-14-15(2)27-21-17(14)8-5-9-18(21)23(26)25-12-6-7-16(13-25)22-24-19-10-3-4-11-20(19)28-22/h3-5,8-11,14-16H,6-7,12-13H2,1-2H3/t14-,15-,16+/m0/s1. The number of hydrogen-bond acceptors (Lipinski definition) is 4. The number of thiazole rings is 1. The predicted molar refractivity (Wildman–Crippen MR) is 112 cm³/mol. The van der Waals surface area contributed by atoms with Crippen LogP contribution in [0.5, 0.6) is 5.75 Å². The zero-order valence-corrected chi connectivity index (χ0v) is 17.0. The molecule has 1 amide bonds. The van der Waals surface area contributed by atoms with Gasteiger partial charge in [0.25, 0.3) is 5.91 Å². The van der Waals surface area contributed by atoms with Crippen LogP contribution in [-0.2, 0) is 0 Å². The molecule has 4 nitrogen and oxygen atoms in total. The molecule has 5 heteroatoms. The number of likely N-dealkylation sites (tertiary alicyclic amines) is 1. The zero-order chi connectivity index (χ0) is 19.3. The number of carbonyl (C=O) groups excluding carboxylic acids is 1. The van der Waals surface area contributed by atoms with E-state index in [1.807, 2.05) is 23.1 Å². The number of amides is 1. The van der Waals surface area contributed by atoms with Crippen molar-refractivity contribution in [1.82, 2.24) is 9.88 Å². The molecule has 3 aromatic rings. The third-order valence-corrected chi connectivity index (χ3v) is 7.34. The molecule has 3 heterocycles. The van der Waals surface area contributed by atoms with Gasteiger partial charge in [-0.15, -0.1) is 11.3 Å². The third kappa shape index (κ3) is 2.89. The summed E-state index contributed by atoms with van der Waals surface area (Å²) in [5, 5.41) is 1.15.